The first-order valence-corrected chi connectivity index (χ1v) is 9.57. The summed E-state index contributed by atoms with van der Waals surface area (Å²) in [6.45, 7) is -0.0815. The van der Waals surface area contributed by atoms with Crippen LogP contribution in [0, 0.1) is 11.8 Å². The van der Waals surface area contributed by atoms with Crippen LogP contribution in [0.2, 0.25) is 0 Å². The Balaban J connectivity index is 1.77. The Morgan fingerprint density at radius 2 is 1.62 bits per heavy atom. The molecule has 0 radical (unpaired) electrons. The Kier molecular flexibility index (Phi) is 5.41. The van der Waals surface area contributed by atoms with Gasteiger partial charge in [0.25, 0.3) is 11.8 Å². The summed E-state index contributed by atoms with van der Waals surface area (Å²) < 4.78 is 40.6. The maximum Gasteiger partial charge on any atom is 0.416 e. The maximum absolute atomic E-state index is 13.2. The van der Waals surface area contributed by atoms with E-state index in [1.54, 1.807) is 48.3 Å². The first-order valence-electron chi connectivity index (χ1n) is 9.57. The second kappa shape index (κ2) is 8.19. The predicted molar refractivity (Wildman–Crippen MR) is 110 cm³/mol. The molecule has 0 saturated carbocycles. The van der Waals surface area contributed by atoms with Crippen LogP contribution in [0.3, 0.4) is 0 Å². The number of amides is 2. The topological polar surface area (TPSA) is 55.2 Å². The summed E-state index contributed by atoms with van der Waals surface area (Å²) in [5, 5.41) is 0. The molecule has 160 valence electrons. The van der Waals surface area contributed by atoms with Gasteiger partial charge in [-0.15, -0.1) is 0 Å². The van der Waals surface area contributed by atoms with Gasteiger partial charge in [-0.25, -0.2) is 4.98 Å². The number of alkyl halides is 3. The number of imidazole rings is 1. The van der Waals surface area contributed by atoms with E-state index in [4.69, 9.17) is 0 Å². The van der Waals surface area contributed by atoms with Crippen molar-refractivity contribution in [3.05, 3.63) is 95.1 Å². The highest BCUT2D eigenvalue weighted by Gasteiger charge is 2.39. The number of aryl methyl sites for hydroxylation is 1. The molecule has 0 unspecified atom stereocenters. The van der Waals surface area contributed by atoms with Gasteiger partial charge in [0.05, 0.1) is 17.7 Å². The van der Waals surface area contributed by atoms with Crippen molar-refractivity contribution in [2.24, 2.45) is 7.05 Å². The third-order valence-electron chi connectivity index (χ3n) is 5.00. The zero-order chi connectivity index (χ0) is 22.9. The Bertz CT molecular complexity index is 1280. The largest absolute Gasteiger partial charge is 0.416 e. The van der Waals surface area contributed by atoms with Gasteiger partial charge in [0.15, 0.2) is 0 Å². The molecule has 2 aromatic carbocycles. The number of imide groups is 1. The van der Waals surface area contributed by atoms with E-state index in [-0.39, 0.29) is 23.3 Å². The minimum atomic E-state index is -4.51. The van der Waals surface area contributed by atoms with Crippen LogP contribution in [-0.4, -0.2) is 26.3 Å². The first-order chi connectivity index (χ1) is 15.3. The molecule has 2 heterocycles. The van der Waals surface area contributed by atoms with E-state index < -0.39 is 23.6 Å². The number of hydrogen-bond acceptors (Lipinski definition) is 3. The van der Waals surface area contributed by atoms with E-state index in [9.17, 15) is 22.8 Å². The molecule has 0 N–H and O–H groups in total. The molecule has 8 heteroatoms. The van der Waals surface area contributed by atoms with Gasteiger partial charge in [-0.1, -0.05) is 42.2 Å². The lowest BCUT2D eigenvalue weighted by Crippen LogP contribution is -2.32. The molecule has 4 rings (SSSR count). The van der Waals surface area contributed by atoms with Crippen molar-refractivity contribution >= 4 is 17.4 Å². The monoisotopic (exact) mass is 435 g/mol. The van der Waals surface area contributed by atoms with Crippen molar-refractivity contribution in [3.8, 4) is 11.8 Å². The first kappa shape index (κ1) is 21.1. The number of hydrogen-bond donors (Lipinski definition) is 0. The smallest absolute Gasteiger partial charge is 0.337 e. The van der Waals surface area contributed by atoms with E-state index in [1.807, 2.05) is 6.07 Å². The molecule has 0 spiro atoms. The Labute approximate surface area is 181 Å². The molecule has 0 aliphatic carbocycles. The third kappa shape index (κ3) is 4.05. The highest BCUT2D eigenvalue weighted by atomic mass is 19.4. The van der Waals surface area contributed by atoms with E-state index in [1.165, 1.54) is 12.1 Å². The molecule has 1 aliphatic heterocycles. The highest BCUT2D eigenvalue weighted by Crippen LogP contribution is 2.33. The lowest BCUT2D eigenvalue weighted by Gasteiger charge is -2.14. The highest BCUT2D eigenvalue weighted by molar-refractivity contribution is 6.37. The molecule has 1 aromatic heterocycles. The second-order valence-corrected chi connectivity index (χ2v) is 7.09. The van der Waals surface area contributed by atoms with Gasteiger partial charge in [0, 0.05) is 25.0 Å². The van der Waals surface area contributed by atoms with Crippen LogP contribution < -0.4 is 0 Å². The number of aromatic nitrogens is 2. The maximum atomic E-state index is 13.2. The molecular weight excluding hydrogens is 419 g/mol. The number of rotatable bonds is 3. The average molecular weight is 435 g/mol. The van der Waals surface area contributed by atoms with Crippen LogP contribution in [0.4, 0.5) is 13.2 Å². The van der Waals surface area contributed by atoms with Crippen LogP contribution >= 0.6 is 0 Å². The Morgan fingerprint density at radius 3 is 2.22 bits per heavy atom. The fraction of sp³-hybridized carbons (Fsp3) is 0.125. The average Bonchev–Trinajstić information content (AvgIpc) is 3.28. The summed E-state index contributed by atoms with van der Waals surface area (Å²) in [6, 6.07) is 13.0. The fourth-order valence-corrected chi connectivity index (χ4v) is 3.28. The second-order valence-electron chi connectivity index (χ2n) is 7.09. The number of benzene rings is 2. The van der Waals surface area contributed by atoms with Crippen LogP contribution in [0.5, 0.6) is 0 Å². The third-order valence-corrected chi connectivity index (χ3v) is 5.00. The lowest BCUT2D eigenvalue weighted by molar-refractivity contribution is -0.138. The van der Waals surface area contributed by atoms with Gasteiger partial charge >= 0.3 is 6.18 Å². The Morgan fingerprint density at radius 1 is 0.938 bits per heavy atom. The van der Waals surface area contributed by atoms with E-state index in [0.717, 1.165) is 17.0 Å². The van der Waals surface area contributed by atoms with Crippen LogP contribution in [0.1, 0.15) is 22.5 Å². The van der Waals surface area contributed by atoms with Crippen molar-refractivity contribution in [2.75, 3.05) is 0 Å². The quantitative estimate of drug-likeness (QED) is 0.465. The van der Waals surface area contributed by atoms with Gasteiger partial charge in [-0.2, -0.15) is 13.2 Å². The lowest BCUT2D eigenvalue weighted by atomic mass is 10.00. The summed E-state index contributed by atoms with van der Waals surface area (Å²) in [5.74, 6) is 4.86. The summed E-state index contributed by atoms with van der Waals surface area (Å²) in [4.78, 5) is 31.4. The van der Waals surface area contributed by atoms with Crippen molar-refractivity contribution < 1.29 is 22.8 Å². The molecule has 0 fully saturated rings. The van der Waals surface area contributed by atoms with Crippen molar-refractivity contribution in [2.45, 2.75) is 12.7 Å². The minimum absolute atomic E-state index is 0.0265. The number of carbonyl (C=O) groups is 2. The summed E-state index contributed by atoms with van der Waals surface area (Å²) in [7, 11) is 1.73. The van der Waals surface area contributed by atoms with Gasteiger partial charge in [0.1, 0.15) is 11.4 Å². The van der Waals surface area contributed by atoms with Crippen molar-refractivity contribution in [1.82, 2.24) is 14.5 Å². The summed E-state index contributed by atoms with van der Waals surface area (Å²) in [5.41, 5.74) is -0.111. The van der Waals surface area contributed by atoms with Crippen LogP contribution in [-0.2, 0) is 29.4 Å². The van der Waals surface area contributed by atoms with E-state index in [2.05, 4.69) is 16.8 Å². The number of carbonyl (C=O) groups excluding carboxylic acids is 2. The molecule has 2 amide bonds. The van der Waals surface area contributed by atoms with Crippen molar-refractivity contribution in [1.29, 1.82) is 0 Å². The standard InChI is InChI=1S/C24H16F3N3O2/c1-29-14-13-28-20(29)15-30-22(31)19(12-7-16-5-3-2-4-6-16)21(23(30)32)17-8-10-18(11-9-17)24(25,26)27/h2-6,8-11,13-14H,15H2,1H3. The fourth-order valence-electron chi connectivity index (χ4n) is 3.28. The van der Waals surface area contributed by atoms with Gasteiger partial charge in [0.2, 0.25) is 0 Å². The number of halogens is 3. The zero-order valence-electron chi connectivity index (χ0n) is 16.8. The van der Waals surface area contributed by atoms with Crippen LogP contribution in [0.25, 0.3) is 5.57 Å². The van der Waals surface area contributed by atoms with Gasteiger partial charge in [-0.3, -0.25) is 14.5 Å². The summed E-state index contributed by atoms with van der Waals surface area (Å²) >= 11 is 0. The van der Waals surface area contributed by atoms with Crippen LogP contribution in [0.15, 0.2) is 72.6 Å². The van der Waals surface area contributed by atoms with Gasteiger partial charge < -0.3 is 4.57 Å². The molecule has 0 atom stereocenters. The molecule has 3 aromatic rings. The molecule has 32 heavy (non-hydrogen) atoms. The SMILES string of the molecule is Cn1ccnc1CN1C(=O)C(C#Cc2ccccc2)=C(c2ccc(C(F)(F)F)cc2)C1=O. The zero-order valence-corrected chi connectivity index (χ0v) is 16.8. The van der Waals surface area contributed by atoms with Crippen molar-refractivity contribution in [3.63, 3.8) is 0 Å². The normalized spacial score (nSPS) is 14.1. The van der Waals surface area contributed by atoms with E-state index in [0.29, 0.717) is 11.4 Å². The van der Waals surface area contributed by atoms with Gasteiger partial charge in [-0.05, 0) is 29.8 Å². The number of nitrogens with zero attached hydrogens (tertiary/aromatic N) is 3. The molecule has 5 nitrogen and oxygen atoms in total. The van der Waals surface area contributed by atoms with E-state index >= 15 is 0 Å². The summed E-state index contributed by atoms with van der Waals surface area (Å²) in [6.07, 6.45) is -1.29. The molecule has 0 bridgehead atoms. The molecule has 1 aliphatic rings. The Hall–Kier alpha value is -4.12. The predicted octanol–water partition coefficient (Wildman–Crippen LogP) is 3.81. The minimum Gasteiger partial charge on any atom is -0.337 e. The molecular formula is C24H16F3N3O2. The molecule has 0 saturated heterocycles.